The Labute approximate surface area is 254 Å². The van der Waals surface area contributed by atoms with Crippen molar-refractivity contribution in [3.63, 3.8) is 0 Å². The molecule has 0 saturated carbocycles. The Bertz CT molecular complexity index is 1900. The first kappa shape index (κ1) is 30.9. The van der Waals surface area contributed by atoms with Crippen LogP contribution in [-0.4, -0.2) is 52.3 Å². The Balaban J connectivity index is 2.04. The van der Waals surface area contributed by atoms with Crippen molar-refractivity contribution in [2.24, 2.45) is 0 Å². The lowest BCUT2D eigenvalue weighted by Crippen LogP contribution is -2.11. The van der Waals surface area contributed by atoms with Crippen molar-refractivity contribution in [2.75, 3.05) is 0 Å². The number of aromatic nitrogens is 4. The van der Waals surface area contributed by atoms with Crippen molar-refractivity contribution in [3.8, 4) is 0 Å². The second-order valence-corrected chi connectivity index (χ2v) is 11.6. The van der Waals surface area contributed by atoms with Gasteiger partial charge in [0, 0.05) is 57.2 Å². The maximum Gasteiger partial charge on any atom is 0.307 e. The molecule has 2 aliphatic heterocycles. The summed E-state index contributed by atoms with van der Waals surface area (Å²) in [6.45, 7) is 13.8. The van der Waals surface area contributed by atoms with Crippen molar-refractivity contribution in [1.82, 2.24) is 19.9 Å². The van der Waals surface area contributed by atoms with Crippen LogP contribution in [0.5, 0.6) is 0 Å². The second-order valence-electron chi connectivity index (χ2n) is 11.6. The molecule has 6 N–H and O–H groups in total. The van der Waals surface area contributed by atoms with Crippen molar-refractivity contribution >= 4 is 51.2 Å². The van der Waals surface area contributed by atoms with E-state index in [9.17, 15) is 30.0 Å². The SMILES string of the molecule is C=Cc1c(C)c2cc3nc(c(CC(=O)O)c4[nH]c(cc5nc(cc1[nH]2)C(C)=C5CC)c(C)c4C(O)O)[C@@H](CCC(=O)O)[C@@H]3C. The number of aliphatic carboxylic acids is 2. The Morgan fingerprint density at radius 2 is 1.66 bits per heavy atom. The smallest absolute Gasteiger partial charge is 0.307 e. The summed E-state index contributed by atoms with van der Waals surface area (Å²) in [4.78, 5) is 40.6. The van der Waals surface area contributed by atoms with Gasteiger partial charge in [-0.3, -0.25) is 14.6 Å². The van der Waals surface area contributed by atoms with Gasteiger partial charge in [0.1, 0.15) is 0 Å². The number of aliphatic hydroxyl groups excluding tert-OH is 1. The van der Waals surface area contributed by atoms with Crippen LogP contribution in [0.2, 0.25) is 0 Å². The van der Waals surface area contributed by atoms with E-state index in [1.54, 1.807) is 13.0 Å². The van der Waals surface area contributed by atoms with Crippen LogP contribution in [0.15, 0.2) is 24.8 Å². The number of rotatable bonds is 8. The number of hydrogen-bond acceptors (Lipinski definition) is 6. The van der Waals surface area contributed by atoms with E-state index in [1.807, 2.05) is 45.9 Å². The molecule has 10 nitrogen and oxygen atoms in total. The number of nitrogens with one attached hydrogen (secondary N) is 2. The highest BCUT2D eigenvalue weighted by atomic mass is 16.5. The summed E-state index contributed by atoms with van der Waals surface area (Å²) in [5.74, 6) is -2.76. The third-order valence-electron chi connectivity index (χ3n) is 9.04. The van der Waals surface area contributed by atoms with Crippen LogP contribution < -0.4 is 0 Å². The van der Waals surface area contributed by atoms with Crippen molar-refractivity contribution in [1.29, 1.82) is 0 Å². The van der Waals surface area contributed by atoms with Gasteiger partial charge in [-0.25, -0.2) is 4.98 Å². The Hall–Kier alpha value is -4.54. The molecule has 2 atom stereocenters. The van der Waals surface area contributed by atoms with Crippen molar-refractivity contribution in [3.05, 3.63) is 75.4 Å². The highest BCUT2D eigenvalue weighted by Gasteiger charge is 2.33. The summed E-state index contributed by atoms with van der Waals surface area (Å²) in [6, 6.07) is 5.77. The number of aryl methyl sites for hydroxylation is 2. The number of aromatic amines is 2. The zero-order chi connectivity index (χ0) is 32.0. The summed E-state index contributed by atoms with van der Waals surface area (Å²) in [7, 11) is 0. The lowest BCUT2D eigenvalue weighted by Gasteiger charge is -2.17. The molecule has 10 heteroatoms. The zero-order valence-electron chi connectivity index (χ0n) is 25.6. The van der Waals surface area contributed by atoms with Gasteiger partial charge in [-0.15, -0.1) is 0 Å². The molecule has 230 valence electrons. The van der Waals surface area contributed by atoms with Crippen molar-refractivity contribution in [2.45, 2.75) is 78.4 Å². The van der Waals surface area contributed by atoms with Gasteiger partial charge in [0.25, 0.3) is 0 Å². The van der Waals surface area contributed by atoms with Crippen LogP contribution in [0.1, 0.15) is 109 Å². The lowest BCUT2D eigenvalue weighted by molar-refractivity contribution is -0.138. The molecule has 0 fully saturated rings. The molecule has 2 aliphatic rings. The fourth-order valence-corrected chi connectivity index (χ4v) is 6.61. The molecular formula is C34H38N4O6. The maximum absolute atomic E-state index is 12.3. The van der Waals surface area contributed by atoms with Gasteiger partial charge in [0.2, 0.25) is 0 Å². The first-order valence-electron chi connectivity index (χ1n) is 14.8. The number of carboxylic acids is 2. The molecule has 3 aromatic heterocycles. The molecule has 44 heavy (non-hydrogen) atoms. The van der Waals surface area contributed by atoms with Crippen LogP contribution in [0.4, 0.5) is 0 Å². The van der Waals surface area contributed by atoms with Gasteiger partial charge in [-0.05, 0) is 74.1 Å². The number of fused-ring (bicyclic) bond motifs is 8. The Morgan fingerprint density at radius 1 is 0.977 bits per heavy atom. The third kappa shape index (κ3) is 5.35. The van der Waals surface area contributed by atoms with Crippen LogP contribution in [0, 0.1) is 13.8 Å². The number of H-pyrrole nitrogens is 2. The molecule has 8 bridgehead atoms. The van der Waals surface area contributed by atoms with E-state index in [1.165, 1.54) is 0 Å². The molecule has 0 saturated heterocycles. The molecule has 0 radical (unpaired) electrons. The number of aliphatic hydroxyl groups is 2. The molecule has 0 aliphatic carbocycles. The number of carboxylic acid groups (broad SMARTS) is 2. The summed E-state index contributed by atoms with van der Waals surface area (Å²) in [5.41, 5.74) is 9.97. The molecule has 5 heterocycles. The van der Waals surface area contributed by atoms with E-state index in [2.05, 4.69) is 16.5 Å². The van der Waals surface area contributed by atoms with Crippen LogP contribution >= 0.6 is 0 Å². The Kier molecular flexibility index (Phi) is 8.33. The van der Waals surface area contributed by atoms with Crippen LogP contribution in [-0.2, 0) is 16.0 Å². The highest BCUT2D eigenvalue weighted by molar-refractivity contribution is 5.93. The van der Waals surface area contributed by atoms with Gasteiger partial charge in [0.15, 0.2) is 6.29 Å². The average molecular weight is 599 g/mol. The molecule has 0 unspecified atom stereocenters. The highest BCUT2D eigenvalue weighted by Crippen LogP contribution is 2.43. The molecule has 0 amide bonds. The summed E-state index contributed by atoms with van der Waals surface area (Å²) in [6.07, 6.45) is 0.248. The van der Waals surface area contributed by atoms with Gasteiger partial charge in [-0.2, -0.15) is 0 Å². The molecule has 0 spiro atoms. The standard InChI is InChI=1S/C34H38N4O6/c1-7-19-15(3)23-12-25-17(5)21(9-10-29(39)40)32(37-25)22(11-30(41)42)33-31(34(43)44)18(6)26(38-33)14-28-20(8-2)16(4)24(36-28)13-27(19)35-23/h7,12-14,17,21,34-35,38,43-44H,1,8-11H2,2-6H3,(H,39,40)(H,41,42)/t17-,21-/m0/s1. The van der Waals surface area contributed by atoms with E-state index < -0.39 is 30.6 Å². The molecular weight excluding hydrogens is 560 g/mol. The van der Waals surface area contributed by atoms with E-state index in [-0.39, 0.29) is 35.4 Å². The third-order valence-corrected chi connectivity index (χ3v) is 9.04. The topological polar surface area (TPSA) is 172 Å². The predicted octanol–water partition coefficient (Wildman–Crippen LogP) is 6.28. The van der Waals surface area contributed by atoms with E-state index in [0.717, 1.165) is 44.7 Å². The number of carbonyl (C=O) groups is 2. The van der Waals surface area contributed by atoms with Gasteiger partial charge >= 0.3 is 11.9 Å². The summed E-state index contributed by atoms with van der Waals surface area (Å²) < 4.78 is 0. The van der Waals surface area contributed by atoms with Crippen LogP contribution in [0.3, 0.4) is 0 Å². The fourth-order valence-electron chi connectivity index (χ4n) is 6.61. The van der Waals surface area contributed by atoms with E-state index >= 15 is 0 Å². The minimum Gasteiger partial charge on any atom is -0.481 e. The number of allylic oxidation sites excluding steroid dienone is 2. The van der Waals surface area contributed by atoms with Gasteiger partial charge in [-0.1, -0.05) is 26.5 Å². The monoisotopic (exact) mass is 598 g/mol. The van der Waals surface area contributed by atoms with E-state index in [0.29, 0.717) is 28.9 Å². The zero-order valence-corrected chi connectivity index (χ0v) is 25.6. The van der Waals surface area contributed by atoms with Gasteiger partial charge < -0.3 is 30.4 Å². The molecule has 0 aromatic carbocycles. The largest absolute Gasteiger partial charge is 0.481 e. The molecule has 5 rings (SSSR count). The summed E-state index contributed by atoms with van der Waals surface area (Å²) >= 11 is 0. The summed E-state index contributed by atoms with van der Waals surface area (Å²) in [5, 5.41) is 40.7. The maximum atomic E-state index is 12.3. The first-order chi connectivity index (χ1) is 20.9. The Morgan fingerprint density at radius 3 is 2.27 bits per heavy atom. The number of hydrogen-bond donors (Lipinski definition) is 6. The van der Waals surface area contributed by atoms with Crippen LogP contribution in [0.25, 0.3) is 39.3 Å². The fraction of sp³-hybridized carbons (Fsp3) is 0.353. The quantitative estimate of drug-likeness (QED) is 0.164. The minimum atomic E-state index is -1.90. The minimum absolute atomic E-state index is 0.134. The van der Waals surface area contributed by atoms with Gasteiger partial charge in [0.05, 0.1) is 29.0 Å². The average Bonchev–Trinajstić information content (AvgIpc) is 3.63. The second kappa shape index (κ2) is 11.9. The first-order valence-corrected chi connectivity index (χ1v) is 14.8. The number of nitrogens with zero attached hydrogens (tertiary/aromatic N) is 2. The lowest BCUT2D eigenvalue weighted by atomic mass is 9.85. The van der Waals surface area contributed by atoms with E-state index in [4.69, 9.17) is 9.97 Å². The predicted molar refractivity (Wildman–Crippen MR) is 170 cm³/mol. The normalized spacial score (nSPS) is 16.5. The van der Waals surface area contributed by atoms with Crippen molar-refractivity contribution < 1.29 is 30.0 Å². The molecule has 3 aromatic rings.